The van der Waals surface area contributed by atoms with Gasteiger partial charge < -0.3 is 15.4 Å². The van der Waals surface area contributed by atoms with E-state index in [0.29, 0.717) is 6.04 Å². The summed E-state index contributed by atoms with van der Waals surface area (Å²) in [7, 11) is 1.62. The molecule has 1 saturated heterocycles. The van der Waals surface area contributed by atoms with E-state index in [-0.39, 0.29) is 17.9 Å². The highest BCUT2D eigenvalue weighted by atomic mass is 16.5. The Morgan fingerprint density at radius 2 is 1.80 bits per heavy atom. The van der Waals surface area contributed by atoms with Gasteiger partial charge in [0.05, 0.1) is 7.11 Å². The summed E-state index contributed by atoms with van der Waals surface area (Å²) < 4.78 is 5.12. The highest BCUT2D eigenvalue weighted by Gasteiger charge is 2.30. The summed E-state index contributed by atoms with van der Waals surface area (Å²) in [6.45, 7) is 3.71. The molecule has 1 aliphatic heterocycles. The van der Waals surface area contributed by atoms with Crippen LogP contribution in [0.3, 0.4) is 0 Å². The first-order valence-electron chi connectivity index (χ1n) is 11.2. The molecule has 2 amide bonds. The number of methoxy groups -OCH3 is 1. The molecule has 1 aromatic rings. The zero-order chi connectivity index (χ0) is 21.3. The molecular formula is C24H35N3O3. The molecule has 1 aromatic carbocycles. The van der Waals surface area contributed by atoms with Crippen LogP contribution < -0.4 is 15.4 Å². The van der Waals surface area contributed by atoms with Crippen LogP contribution in [0.15, 0.2) is 30.3 Å². The molecule has 1 saturated carbocycles. The van der Waals surface area contributed by atoms with Gasteiger partial charge in [0.1, 0.15) is 11.8 Å². The average molecular weight is 414 g/mol. The Labute approximate surface area is 180 Å². The zero-order valence-electron chi connectivity index (χ0n) is 18.2. The van der Waals surface area contributed by atoms with E-state index in [0.717, 1.165) is 30.8 Å². The van der Waals surface area contributed by atoms with Crippen LogP contribution in [0.2, 0.25) is 0 Å². The number of hydrogen-bond acceptors (Lipinski definition) is 4. The fourth-order valence-electron chi connectivity index (χ4n) is 4.40. The van der Waals surface area contributed by atoms with Gasteiger partial charge in [-0.05, 0) is 50.0 Å². The van der Waals surface area contributed by atoms with Crippen molar-refractivity contribution in [3.8, 4) is 5.75 Å². The van der Waals surface area contributed by atoms with E-state index >= 15 is 0 Å². The molecule has 3 rings (SSSR count). The van der Waals surface area contributed by atoms with Crippen LogP contribution >= 0.6 is 0 Å². The molecule has 1 heterocycles. The van der Waals surface area contributed by atoms with Gasteiger partial charge in [0.2, 0.25) is 11.8 Å². The van der Waals surface area contributed by atoms with E-state index in [1.807, 2.05) is 24.3 Å². The van der Waals surface area contributed by atoms with Crippen molar-refractivity contribution in [2.75, 3.05) is 20.2 Å². The molecule has 2 atom stereocenters. The maximum atomic E-state index is 12.5. The molecule has 0 radical (unpaired) electrons. The number of hydrogen-bond donors (Lipinski definition) is 2. The molecular weight excluding hydrogens is 378 g/mol. The lowest BCUT2D eigenvalue weighted by Crippen LogP contribution is -2.48. The lowest BCUT2D eigenvalue weighted by atomic mass is 10.1. The first-order chi connectivity index (χ1) is 14.5. The van der Waals surface area contributed by atoms with Crippen molar-refractivity contribution in [1.82, 2.24) is 15.5 Å². The van der Waals surface area contributed by atoms with E-state index in [2.05, 4.69) is 15.5 Å². The van der Waals surface area contributed by atoms with Gasteiger partial charge in [-0.15, -0.1) is 0 Å². The summed E-state index contributed by atoms with van der Waals surface area (Å²) >= 11 is 0. The van der Waals surface area contributed by atoms with Gasteiger partial charge in [-0.1, -0.05) is 37.8 Å². The van der Waals surface area contributed by atoms with Crippen molar-refractivity contribution in [3.63, 3.8) is 0 Å². The van der Waals surface area contributed by atoms with Gasteiger partial charge in [-0.2, -0.15) is 0 Å². The van der Waals surface area contributed by atoms with Crippen LogP contribution in [0.1, 0.15) is 57.4 Å². The van der Waals surface area contributed by atoms with Crippen LogP contribution in [0.25, 0.3) is 6.08 Å². The maximum Gasteiger partial charge on any atom is 0.244 e. The van der Waals surface area contributed by atoms with Crippen molar-refractivity contribution in [3.05, 3.63) is 35.9 Å². The SMILES string of the molecule is COc1ccc(/C=C/C(=O)NC(C)C(=O)NC2CCN(C3CCCCCC3)C2)cc1. The van der Waals surface area contributed by atoms with Gasteiger partial charge in [-0.3, -0.25) is 14.5 Å². The first-order valence-corrected chi connectivity index (χ1v) is 11.2. The average Bonchev–Trinajstić information content (AvgIpc) is 3.04. The molecule has 2 aliphatic rings. The maximum absolute atomic E-state index is 12.5. The number of likely N-dealkylation sites (tertiary alicyclic amines) is 1. The number of ether oxygens (including phenoxy) is 1. The molecule has 30 heavy (non-hydrogen) atoms. The van der Waals surface area contributed by atoms with E-state index < -0.39 is 6.04 Å². The number of rotatable bonds is 7. The minimum atomic E-state index is -0.565. The third kappa shape index (κ3) is 6.59. The highest BCUT2D eigenvalue weighted by Crippen LogP contribution is 2.25. The minimum absolute atomic E-state index is 0.117. The molecule has 0 spiro atoms. The predicted octanol–water partition coefficient (Wildman–Crippen LogP) is 3.13. The zero-order valence-corrected chi connectivity index (χ0v) is 18.2. The van der Waals surface area contributed by atoms with Crippen molar-refractivity contribution in [2.24, 2.45) is 0 Å². The number of amides is 2. The Kier molecular flexibility index (Phi) is 8.31. The van der Waals surface area contributed by atoms with Crippen LogP contribution in [0.4, 0.5) is 0 Å². The second kappa shape index (κ2) is 11.2. The van der Waals surface area contributed by atoms with Gasteiger partial charge in [-0.25, -0.2) is 0 Å². The lowest BCUT2D eigenvalue weighted by molar-refractivity contribution is -0.127. The summed E-state index contributed by atoms with van der Waals surface area (Å²) in [6.07, 6.45) is 12.1. The Bertz CT molecular complexity index is 724. The Hall–Kier alpha value is -2.34. The van der Waals surface area contributed by atoms with Gasteiger partial charge >= 0.3 is 0 Å². The Morgan fingerprint density at radius 3 is 2.47 bits per heavy atom. The molecule has 6 heteroatoms. The van der Waals surface area contributed by atoms with Crippen LogP contribution in [0.5, 0.6) is 5.75 Å². The van der Waals surface area contributed by atoms with Crippen LogP contribution in [-0.2, 0) is 9.59 Å². The largest absolute Gasteiger partial charge is 0.497 e. The standard InChI is InChI=1S/C24H35N3O3/c1-18(25-23(28)14-11-19-9-12-22(30-2)13-10-19)24(29)26-20-15-16-27(17-20)21-7-5-3-4-6-8-21/h9-14,18,20-21H,3-8,15-17H2,1-2H3,(H,25,28)(H,26,29)/b14-11+. The second-order valence-corrected chi connectivity index (χ2v) is 8.47. The Balaban J connectivity index is 1.41. The van der Waals surface area contributed by atoms with E-state index in [9.17, 15) is 9.59 Å². The van der Waals surface area contributed by atoms with Gasteiger partial charge in [0, 0.05) is 31.2 Å². The quantitative estimate of drug-likeness (QED) is 0.532. The summed E-state index contributed by atoms with van der Waals surface area (Å²) in [4.78, 5) is 27.3. The second-order valence-electron chi connectivity index (χ2n) is 8.47. The fraction of sp³-hybridized carbons (Fsp3) is 0.583. The van der Waals surface area contributed by atoms with Crippen molar-refractivity contribution >= 4 is 17.9 Å². The molecule has 1 aliphatic carbocycles. The molecule has 0 aromatic heterocycles. The van der Waals surface area contributed by atoms with Crippen LogP contribution in [0, 0.1) is 0 Å². The van der Waals surface area contributed by atoms with E-state index in [4.69, 9.17) is 4.74 Å². The predicted molar refractivity (Wildman–Crippen MR) is 119 cm³/mol. The molecule has 6 nitrogen and oxygen atoms in total. The fourth-order valence-corrected chi connectivity index (χ4v) is 4.40. The Morgan fingerprint density at radius 1 is 1.10 bits per heavy atom. The minimum Gasteiger partial charge on any atom is -0.497 e. The summed E-state index contributed by atoms with van der Waals surface area (Å²) in [5.41, 5.74) is 0.896. The van der Waals surface area contributed by atoms with E-state index in [1.54, 1.807) is 20.1 Å². The number of nitrogens with one attached hydrogen (secondary N) is 2. The summed E-state index contributed by atoms with van der Waals surface area (Å²) in [6, 6.07) is 7.72. The molecule has 0 bridgehead atoms. The smallest absolute Gasteiger partial charge is 0.244 e. The van der Waals surface area contributed by atoms with Crippen molar-refractivity contribution < 1.29 is 14.3 Å². The normalized spacial score (nSPS) is 21.9. The molecule has 164 valence electrons. The van der Waals surface area contributed by atoms with Crippen LogP contribution in [-0.4, -0.2) is 55.0 Å². The summed E-state index contributed by atoms with van der Waals surface area (Å²) in [5, 5.41) is 5.88. The number of nitrogens with zero attached hydrogens (tertiary/aromatic N) is 1. The third-order valence-corrected chi connectivity index (χ3v) is 6.20. The molecule has 2 N–H and O–H groups in total. The van der Waals surface area contributed by atoms with Crippen molar-refractivity contribution in [1.29, 1.82) is 0 Å². The monoisotopic (exact) mass is 413 g/mol. The number of benzene rings is 1. The van der Waals surface area contributed by atoms with E-state index in [1.165, 1.54) is 44.6 Å². The first kappa shape index (κ1) is 22.3. The number of carbonyl (C=O) groups is 2. The van der Waals surface area contributed by atoms with Crippen molar-refractivity contribution in [2.45, 2.75) is 70.0 Å². The third-order valence-electron chi connectivity index (χ3n) is 6.20. The molecule has 2 unspecified atom stereocenters. The highest BCUT2D eigenvalue weighted by molar-refractivity contribution is 5.95. The number of carbonyl (C=O) groups excluding carboxylic acids is 2. The summed E-state index contributed by atoms with van der Waals surface area (Å²) in [5.74, 6) is 0.375. The van der Waals surface area contributed by atoms with Gasteiger partial charge in [0.15, 0.2) is 0 Å². The lowest BCUT2D eigenvalue weighted by Gasteiger charge is -2.27. The van der Waals surface area contributed by atoms with Gasteiger partial charge in [0.25, 0.3) is 0 Å². The topological polar surface area (TPSA) is 70.7 Å². The molecule has 2 fully saturated rings.